The van der Waals surface area contributed by atoms with Gasteiger partial charge in [-0.1, -0.05) is 86.7 Å². The third-order valence-corrected chi connectivity index (χ3v) is 6.25. The molecular weight excluding hydrogens is 504 g/mol. The van der Waals surface area contributed by atoms with E-state index in [2.05, 4.69) is 32.2 Å². The molecule has 3 aromatic rings. The first kappa shape index (κ1) is 30.4. The van der Waals surface area contributed by atoms with E-state index in [0.29, 0.717) is 23.7 Å². The standard InChI is InChI=1S/C34H38O6/c1-6-24(3)20-27-10-12-28(13-11-27)21-37-22-32(23-38-26(5)29-14-8-25(4)9-15-29)40-34(36)30-16-18-31(19-17-30)39-33(35)7-2/h8-19,32H,3,5-7,20-23H2,1-2,4H3. The fourth-order valence-corrected chi connectivity index (χ4v) is 3.69. The first-order chi connectivity index (χ1) is 19.3. The molecule has 0 N–H and O–H groups in total. The molecule has 6 heteroatoms. The van der Waals surface area contributed by atoms with E-state index in [1.807, 2.05) is 43.3 Å². The monoisotopic (exact) mass is 542 g/mol. The van der Waals surface area contributed by atoms with Crippen molar-refractivity contribution >= 4 is 17.7 Å². The summed E-state index contributed by atoms with van der Waals surface area (Å²) in [6, 6.07) is 22.3. The Labute approximate surface area is 237 Å². The van der Waals surface area contributed by atoms with E-state index in [0.717, 1.165) is 29.5 Å². The van der Waals surface area contributed by atoms with Gasteiger partial charge >= 0.3 is 11.9 Å². The van der Waals surface area contributed by atoms with Gasteiger partial charge in [0.05, 0.1) is 18.8 Å². The molecule has 210 valence electrons. The van der Waals surface area contributed by atoms with Gasteiger partial charge in [0.1, 0.15) is 18.1 Å². The molecule has 0 saturated carbocycles. The molecule has 0 aromatic heterocycles. The maximum Gasteiger partial charge on any atom is 0.338 e. The zero-order chi connectivity index (χ0) is 28.9. The van der Waals surface area contributed by atoms with Gasteiger partial charge in [-0.15, -0.1) is 0 Å². The summed E-state index contributed by atoms with van der Waals surface area (Å²) in [4.78, 5) is 24.4. The van der Waals surface area contributed by atoms with Crippen molar-refractivity contribution in [2.75, 3.05) is 13.2 Å². The molecule has 0 amide bonds. The number of aryl methyl sites for hydroxylation is 1. The van der Waals surface area contributed by atoms with Crippen molar-refractivity contribution in [3.8, 4) is 5.75 Å². The molecule has 0 aliphatic rings. The number of esters is 2. The quantitative estimate of drug-likeness (QED) is 0.0872. The Kier molecular flexibility index (Phi) is 11.7. The van der Waals surface area contributed by atoms with Gasteiger partial charge in [-0.3, -0.25) is 4.79 Å². The number of carbonyl (C=O) groups excluding carboxylic acids is 2. The zero-order valence-corrected chi connectivity index (χ0v) is 23.6. The number of hydrogen-bond donors (Lipinski definition) is 0. The van der Waals surface area contributed by atoms with Gasteiger partial charge in [0.2, 0.25) is 0 Å². The molecule has 0 spiro atoms. The lowest BCUT2D eigenvalue weighted by atomic mass is 10.0. The Morgan fingerprint density at radius 3 is 2.02 bits per heavy atom. The molecule has 3 rings (SSSR count). The Bertz CT molecular complexity index is 1270. The van der Waals surface area contributed by atoms with Gasteiger partial charge < -0.3 is 18.9 Å². The minimum absolute atomic E-state index is 0.0721. The van der Waals surface area contributed by atoms with Crippen molar-refractivity contribution in [2.45, 2.75) is 52.7 Å². The highest BCUT2D eigenvalue weighted by atomic mass is 16.6. The number of allylic oxidation sites excluding steroid dienone is 1. The van der Waals surface area contributed by atoms with Crippen molar-refractivity contribution in [1.82, 2.24) is 0 Å². The molecule has 1 unspecified atom stereocenters. The normalized spacial score (nSPS) is 11.4. The average molecular weight is 543 g/mol. The number of ether oxygens (including phenoxy) is 4. The molecule has 0 fully saturated rings. The Hall–Kier alpha value is -4.16. The number of benzene rings is 3. The van der Waals surface area contributed by atoms with E-state index >= 15 is 0 Å². The van der Waals surface area contributed by atoms with E-state index in [4.69, 9.17) is 18.9 Å². The Morgan fingerprint density at radius 2 is 1.40 bits per heavy atom. The summed E-state index contributed by atoms with van der Waals surface area (Å²) in [7, 11) is 0. The van der Waals surface area contributed by atoms with Crippen molar-refractivity contribution in [3.05, 3.63) is 119 Å². The number of hydrogen-bond acceptors (Lipinski definition) is 6. The molecule has 6 nitrogen and oxygen atoms in total. The predicted octanol–water partition coefficient (Wildman–Crippen LogP) is 7.25. The van der Waals surface area contributed by atoms with Crippen LogP contribution in [-0.2, 0) is 32.0 Å². The summed E-state index contributed by atoms with van der Waals surface area (Å²) >= 11 is 0. The van der Waals surface area contributed by atoms with Crippen LogP contribution in [0.5, 0.6) is 5.75 Å². The first-order valence-corrected chi connectivity index (χ1v) is 13.5. The summed E-state index contributed by atoms with van der Waals surface area (Å²) in [6.45, 7) is 14.5. The fourth-order valence-electron chi connectivity index (χ4n) is 3.69. The maximum atomic E-state index is 12.9. The molecular formula is C34H38O6. The highest BCUT2D eigenvalue weighted by Crippen LogP contribution is 2.18. The molecule has 3 aromatic carbocycles. The van der Waals surface area contributed by atoms with Crippen LogP contribution >= 0.6 is 0 Å². The van der Waals surface area contributed by atoms with Crippen LogP contribution in [0.15, 0.2) is 91.5 Å². The lowest BCUT2D eigenvalue weighted by Crippen LogP contribution is -2.28. The Balaban J connectivity index is 1.61. The molecule has 0 aliphatic heterocycles. The predicted molar refractivity (Wildman–Crippen MR) is 157 cm³/mol. The van der Waals surface area contributed by atoms with Crippen molar-refractivity contribution in [3.63, 3.8) is 0 Å². The van der Waals surface area contributed by atoms with Crippen LogP contribution in [0.1, 0.15) is 59.3 Å². The Morgan fingerprint density at radius 1 is 0.775 bits per heavy atom. The lowest BCUT2D eigenvalue weighted by molar-refractivity contribution is -0.134. The van der Waals surface area contributed by atoms with Crippen LogP contribution in [0, 0.1) is 6.92 Å². The average Bonchev–Trinajstić information content (AvgIpc) is 2.97. The third kappa shape index (κ3) is 9.86. The van der Waals surface area contributed by atoms with Crippen molar-refractivity contribution in [1.29, 1.82) is 0 Å². The molecule has 40 heavy (non-hydrogen) atoms. The van der Waals surface area contributed by atoms with E-state index in [1.54, 1.807) is 31.2 Å². The second kappa shape index (κ2) is 15.4. The fraction of sp³-hybridized carbons (Fsp3) is 0.294. The highest BCUT2D eigenvalue weighted by Gasteiger charge is 2.19. The molecule has 0 bridgehead atoms. The first-order valence-electron chi connectivity index (χ1n) is 13.5. The largest absolute Gasteiger partial charge is 0.490 e. The molecule has 0 saturated heterocycles. The smallest absolute Gasteiger partial charge is 0.338 e. The van der Waals surface area contributed by atoms with Crippen LogP contribution in [0.4, 0.5) is 0 Å². The van der Waals surface area contributed by atoms with Crippen LogP contribution in [-0.4, -0.2) is 31.3 Å². The zero-order valence-electron chi connectivity index (χ0n) is 23.6. The lowest BCUT2D eigenvalue weighted by Gasteiger charge is -2.20. The van der Waals surface area contributed by atoms with E-state index in [-0.39, 0.29) is 25.6 Å². The minimum Gasteiger partial charge on any atom is -0.490 e. The van der Waals surface area contributed by atoms with Gasteiger partial charge in [0.15, 0.2) is 6.10 Å². The van der Waals surface area contributed by atoms with Crippen molar-refractivity contribution < 1.29 is 28.5 Å². The highest BCUT2D eigenvalue weighted by molar-refractivity contribution is 5.89. The molecule has 1 atom stereocenters. The third-order valence-electron chi connectivity index (χ3n) is 6.25. The summed E-state index contributed by atoms with van der Waals surface area (Å²) in [5.74, 6) is -0.0370. The van der Waals surface area contributed by atoms with Crippen LogP contribution in [0.2, 0.25) is 0 Å². The second-order valence-corrected chi connectivity index (χ2v) is 9.59. The van der Waals surface area contributed by atoms with E-state index < -0.39 is 12.1 Å². The van der Waals surface area contributed by atoms with E-state index in [1.165, 1.54) is 11.1 Å². The molecule has 0 heterocycles. The second-order valence-electron chi connectivity index (χ2n) is 9.59. The maximum absolute atomic E-state index is 12.9. The summed E-state index contributed by atoms with van der Waals surface area (Å²) in [6.07, 6.45) is 1.40. The number of carbonyl (C=O) groups is 2. The van der Waals surface area contributed by atoms with Gasteiger partial charge in [0, 0.05) is 12.0 Å². The van der Waals surface area contributed by atoms with Crippen LogP contribution in [0.3, 0.4) is 0 Å². The van der Waals surface area contributed by atoms with Crippen LogP contribution < -0.4 is 4.74 Å². The SMILES string of the molecule is C=C(CC)Cc1ccc(COCC(COC(=C)c2ccc(C)cc2)OC(=O)c2ccc(OC(=O)CC)cc2)cc1. The van der Waals surface area contributed by atoms with E-state index in [9.17, 15) is 9.59 Å². The molecule has 0 aliphatic carbocycles. The van der Waals surface area contributed by atoms with Crippen LogP contribution in [0.25, 0.3) is 5.76 Å². The summed E-state index contributed by atoms with van der Waals surface area (Å²) < 4.78 is 22.7. The summed E-state index contributed by atoms with van der Waals surface area (Å²) in [5, 5.41) is 0. The van der Waals surface area contributed by atoms with Gasteiger partial charge in [-0.2, -0.15) is 0 Å². The molecule has 0 radical (unpaired) electrons. The topological polar surface area (TPSA) is 71.1 Å². The number of rotatable bonds is 15. The van der Waals surface area contributed by atoms with Gasteiger partial charge in [-0.25, -0.2) is 4.79 Å². The van der Waals surface area contributed by atoms with Gasteiger partial charge in [-0.05, 0) is 55.2 Å². The van der Waals surface area contributed by atoms with Gasteiger partial charge in [0.25, 0.3) is 0 Å². The van der Waals surface area contributed by atoms with Crippen molar-refractivity contribution in [2.24, 2.45) is 0 Å². The summed E-state index contributed by atoms with van der Waals surface area (Å²) in [5.41, 5.74) is 5.72. The minimum atomic E-state index is -0.681.